The van der Waals surface area contributed by atoms with Crippen molar-refractivity contribution >= 4 is 33.3 Å². The molecule has 0 saturated heterocycles. The zero-order chi connectivity index (χ0) is 14.8. The molecule has 0 radical (unpaired) electrons. The summed E-state index contributed by atoms with van der Waals surface area (Å²) in [7, 11) is 0. The topological polar surface area (TPSA) is 43.6 Å². The molecule has 0 saturated carbocycles. The smallest absolute Gasteiger partial charge is 0.191 e. The summed E-state index contributed by atoms with van der Waals surface area (Å²) in [6, 6.07) is 8.69. The lowest BCUT2D eigenvalue weighted by Gasteiger charge is -2.12. The highest BCUT2D eigenvalue weighted by atomic mass is 32.2. The second kappa shape index (κ2) is 6.15. The molecule has 110 valence electrons. The molecule has 0 aliphatic rings. The van der Waals surface area contributed by atoms with Gasteiger partial charge in [-0.05, 0) is 26.0 Å². The standard InChI is InChI=1S/C15H18N4S2/c1-10(2)19-9-16-18-15(19)20-11(3)8-14-17-12-6-4-5-7-13(12)21-14/h4-7,9-11H,8H2,1-3H3/t11-/m0/s1. The Morgan fingerprint density at radius 2 is 2.05 bits per heavy atom. The van der Waals surface area contributed by atoms with Crippen LogP contribution in [0.3, 0.4) is 0 Å². The third kappa shape index (κ3) is 3.27. The zero-order valence-electron chi connectivity index (χ0n) is 12.4. The van der Waals surface area contributed by atoms with Crippen molar-refractivity contribution in [3.8, 4) is 0 Å². The number of fused-ring (bicyclic) bond motifs is 1. The van der Waals surface area contributed by atoms with E-state index in [4.69, 9.17) is 4.98 Å². The molecule has 0 amide bonds. The van der Waals surface area contributed by atoms with E-state index in [0.717, 1.165) is 17.1 Å². The summed E-state index contributed by atoms with van der Waals surface area (Å²) in [5.74, 6) is 0. The lowest BCUT2D eigenvalue weighted by Crippen LogP contribution is -2.06. The van der Waals surface area contributed by atoms with Crippen molar-refractivity contribution < 1.29 is 0 Å². The maximum atomic E-state index is 4.70. The zero-order valence-corrected chi connectivity index (χ0v) is 14.0. The van der Waals surface area contributed by atoms with Crippen LogP contribution in [0.25, 0.3) is 10.2 Å². The summed E-state index contributed by atoms with van der Waals surface area (Å²) < 4.78 is 3.37. The first kappa shape index (κ1) is 14.5. The summed E-state index contributed by atoms with van der Waals surface area (Å²) in [5, 5.41) is 10.8. The van der Waals surface area contributed by atoms with E-state index in [1.165, 1.54) is 9.71 Å². The largest absolute Gasteiger partial charge is 0.306 e. The predicted octanol–water partition coefficient (Wildman–Crippen LogP) is 4.19. The lowest BCUT2D eigenvalue weighted by molar-refractivity contribution is 0.548. The van der Waals surface area contributed by atoms with Gasteiger partial charge in [0.1, 0.15) is 6.33 Å². The minimum Gasteiger partial charge on any atom is -0.306 e. The van der Waals surface area contributed by atoms with Crippen molar-refractivity contribution in [3.63, 3.8) is 0 Å². The third-order valence-corrected chi connectivity index (χ3v) is 5.33. The molecule has 0 bridgehead atoms. The molecule has 0 fully saturated rings. The molecule has 0 unspecified atom stereocenters. The van der Waals surface area contributed by atoms with E-state index in [1.54, 1.807) is 29.4 Å². The van der Waals surface area contributed by atoms with E-state index >= 15 is 0 Å². The molecule has 3 aromatic rings. The molecule has 4 nitrogen and oxygen atoms in total. The van der Waals surface area contributed by atoms with Gasteiger partial charge in [0.2, 0.25) is 0 Å². The van der Waals surface area contributed by atoms with Crippen molar-refractivity contribution in [1.82, 2.24) is 19.7 Å². The van der Waals surface area contributed by atoms with Crippen molar-refractivity contribution in [2.45, 2.75) is 43.6 Å². The van der Waals surface area contributed by atoms with Crippen LogP contribution in [0.4, 0.5) is 0 Å². The van der Waals surface area contributed by atoms with E-state index in [1.807, 2.05) is 6.07 Å². The van der Waals surface area contributed by atoms with Crippen LogP contribution in [0.15, 0.2) is 35.7 Å². The fourth-order valence-electron chi connectivity index (χ4n) is 2.15. The van der Waals surface area contributed by atoms with Crippen molar-refractivity contribution in [2.75, 3.05) is 0 Å². The highest BCUT2D eigenvalue weighted by molar-refractivity contribution is 7.99. The average molecular weight is 318 g/mol. The Morgan fingerprint density at radius 3 is 2.81 bits per heavy atom. The van der Waals surface area contributed by atoms with Crippen molar-refractivity contribution in [3.05, 3.63) is 35.6 Å². The summed E-state index contributed by atoms with van der Waals surface area (Å²) in [5.41, 5.74) is 1.10. The maximum absolute atomic E-state index is 4.70. The van der Waals surface area contributed by atoms with Crippen molar-refractivity contribution in [2.24, 2.45) is 0 Å². The number of hydrogen-bond acceptors (Lipinski definition) is 5. The van der Waals surface area contributed by atoms with Crippen LogP contribution in [0.2, 0.25) is 0 Å². The first-order valence-corrected chi connectivity index (χ1v) is 8.73. The Labute approximate surface area is 132 Å². The lowest BCUT2D eigenvalue weighted by atomic mass is 10.3. The average Bonchev–Trinajstić information content (AvgIpc) is 3.03. The Bertz CT molecular complexity index is 699. The molecule has 2 heterocycles. The van der Waals surface area contributed by atoms with E-state index in [0.29, 0.717) is 11.3 Å². The fourth-order valence-corrected chi connectivity index (χ4v) is 4.42. The number of nitrogens with zero attached hydrogens (tertiary/aromatic N) is 4. The van der Waals surface area contributed by atoms with Gasteiger partial charge in [-0.15, -0.1) is 21.5 Å². The molecule has 6 heteroatoms. The number of rotatable bonds is 5. The number of aromatic nitrogens is 4. The predicted molar refractivity (Wildman–Crippen MR) is 89.1 cm³/mol. The molecular formula is C15H18N4S2. The molecule has 21 heavy (non-hydrogen) atoms. The van der Waals surface area contributed by atoms with Gasteiger partial charge in [-0.1, -0.05) is 30.8 Å². The van der Waals surface area contributed by atoms with Crippen LogP contribution in [-0.4, -0.2) is 25.0 Å². The SMILES string of the molecule is CC(C)n1cnnc1S[C@@H](C)Cc1nc2ccccc2s1. The number of benzene rings is 1. The van der Waals surface area contributed by atoms with Gasteiger partial charge < -0.3 is 4.57 Å². The molecule has 0 spiro atoms. The van der Waals surface area contributed by atoms with E-state index in [2.05, 4.69) is 53.7 Å². The van der Waals surface area contributed by atoms with Crippen LogP contribution in [0, 0.1) is 0 Å². The van der Waals surface area contributed by atoms with Crippen molar-refractivity contribution in [1.29, 1.82) is 0 Å². The minimum atomic E-state index is 0.386. The fraction of sp³-hybridized carbons (Fsp3) is 0.400. The summed E-state index contributed by atoms with van der Waals surface area (Å²) >= 11 is 3.55. The van der Waals surface area contributed by atoms with Crippen LogP contribution in [0.1, 0.15) is 31.8 Å². The number of hydrogen-bond donors (Lipinski definition) is 0. The highest BCUT2D eigenvalue weighted by Gasteiger charge is 2.14. The molecule has 2 aromatic heterocycles. The van der Waals surface area contributed by atoms with Gasteiger partial charge in [0.25, 0.3) is 0 Å². The number of para-hydroxylation sites is 1. The molecule has 0 aliphatic heterocycles. The molecule has 3 rings (SSSR count). The minimum absolute atomic E-state index is 0.386. The third-order valence-electron chi connectivity index (χ3n) is 3.20. The molecule has 0 N–H and O–H groups in total. The second-order valence-electron chi connectivity index (χ2n) is 5.32. The molecule has 1 aromatic carbocycles. The quantitative estimate of drug-likeness (QED) is 0.662. The van der Waals surface area contributed by atoms with E-state index < -0.39 is 0 Å². The van der Waals surface area contributed by atoms with Gasteiger partial charge in [-0.2, -0.15) is 0 Å². The Kier molecular flexibility index (Phi) is 4.26. The number of thioether (sulfide) groups is 1. The van der Waals surface area contributed by atoms with Gasteiger partial charge in [-0.25, -0.2) is 4.98 Å². The monoisotopic (exact) mass is 318 g/mol. The van der Waals surface area contributed by atoms with E-state index in [9.17, 15) is 0 Å². The van der Waals surface area contributed by atoms with Crippen LogP contribution < -0.4 is 0 Å². The Hall–Kier alpha value is -1.40. The van der Waals surface area contributed by atoms with Gasteiger partial charge in [-0.3, -0.25) is 0 Å². The van der Waals surface area contributed by atoms with Crippen LogP contribution in [0.5, 0.6) is 0 Å². The van der Waals surface area contributed by atoms with Gasteiger partial charge >= 0.3 is 0 Å². The van der Waals surface area contributed by atoms with Crippen LogP contribution >= 0.6 is 23.1 Å². The normalized spacial score (nSPS) is 13.1. The highest BCUT2D eigenvalue weighted by Crippen LogP contribution is 2.28. The van der Waals surface area contributed by atoms with Crippen LogP contribution in [-0.2, 0) is 6.42 Å². The molecule has 0 aliphatic carbocycles. The Morgan fingerprint density at radius 1 is 1.24 bits per heavy atom. The first-order valence-electron chi connectivity index (χ1n) is 7.04. The molecular weight excluding hydrogens is 300 g/mol. The summed E-state index contributed by atoms with van der Waals surface area (Å²) in [4.78, 5) is 4.70. The maximum Gasteiger partial charge on any atom is 0.191 e. The Balaban J connectivity index is 1.71. The number of thiazole rings is 1. The molecule has 1 atom stereocenters. The second-order valence-corrected chi connectivity index (χ2v) is 7.84. The summed E-state index contributed by atoms with van der Waals surface area (Å²) in [6.45, 7) is 6.51. The summed E-state index contributed by atoms with van der Waals surface area (Å²) in [6.07, 6.45) is 2.76. The van der Waals surface area contributed by atoms with Gasteiger partial charge in [0, 0.05) is 17.7 Å². The van der Waals surface area contributed by atoms with Gasteiger partial charge in [0.15, 0.2) is 5.16 Å². The van der Waals surface area contributed by atoms with E-state index in [-0.39, 0.29) is 0 Å². The first-order chi connectivity index (χ1) is 10.1. The van der Waals surface area contributed by atoms with Gasteiger partial charge in [0.05, 0.1) is 15.2 Å².